The second kappa shape index (κ2) is 11.5. The van der Waals surface area contributed by atoms with Crippen molar-refractivity contribution in [1.29, 1.82) is 0 Å². The number of fused-ring (bicyclic) bond motifs is 1. The highest BCUT2D eigenvalue weighted by molar-refractivity contribution is 5.91. The van der Waals surface area contributed by atoms with Gasteiger partial charge in [0.2, 0.25) is 12.7 Å². The summed E-state index contributed by atoms with van der Waals surface area (Å²) < 4.78 is 31.6. The summed E-state index contributed by atoms with van der Waals surface area (Å²) in [6.45, 7) is 3.26. The maximum absolute atomic E-state index is 13.9. The van der Waals surface area contributed by atoms with E-state index in [9.17, 15) is 9.18 Å². The first kappa shape index (κ1) is 26.6. The van der Waals surface area contributed by atoms with Crippen molar-refractivity contribution in [2.45, 2.75) is 19.1 Å². The van der Waals surface area contributed by atoms with Crippen LogP contribution >= 0.6 is 0 Å². The number of anilines is 1. The maximum Gasteiger partial charge on any atom is 0.320 e. The number of aromatic nitrogens is 4. The quantitative estimate of drug-likeness (QED) is 0.310. The fourth-order valence-corrected chi connectivity index (χ4v) is 4.85. The van der Waals surface area contributed by atoms with E-state index >= 15 is 0 Å². The zero-order valence-electron chi connectivity index (χ0n) is 22.4. The summed E-state index contributed by atoms with van der Waals surface area (Å²) in [7, 11) is 1.60. The topological polar surface area (TPSA) is 125 Å². The molecule has 212 valence electrons. The Labute approximate surface area is 235 Å². The molecular formula is C28H28FN7O5. The van der Waals surface area contributed by atoms with Gasteiger partial charge in [0, 0.05) is 43.7 Å². The van der Waals surface area contributed by atoms with Crippen LogP contribution < -0.4 is 20.1 Å². The Balaban J connectivity index is 1.28. The first-order valence-corrected chi connectivity index (χ1v) is 13.0. The van der Waals surface area contributed by atoms with E-state index in [1.54, 1.807) is 29.1 Å². The minimum absolute atomic E-state index is 0.108. The van der Waals surface area contributed by atoms with Crippen LogP contribution in [0.25, 0.3) is 16.9 Å². The summed E-state index contributed by atoms with van der Waals surface area (Å²) in [5.41, 5.74) is 3.37. The van der Waals surface area contributed by atoms with E-state index < -0.39 is 24.1 Å². The van der Waals surface area contributed by atoms with Gasteiger partial charge in [-0.3, -0.25) is 10.2 Å². The number of hydrogen-bond donors (Lipinski definition) is 2. The van der Waals surface area contributed by atoms with E-state index in [0.29, 0.717) is 54.0 Å². The smallest absolute Gasteiger partial charge is 0.320 e. The number of benzene rings is 1. The first-order valence-electron chi connectivity index (χ1n) is 13.0. The van der Waals surface area contributed by atoms with E-state index in [1.165, 1.54) is 12.3 Å². The molecule has 0 radical (unpaired) electrons. The molecule has 41 heavy (non-hydrogen) atoms. The van der Waals surface area contributed by atoms with E-state index in [0.717, 1.165) is 11.3 Å². The lowest BCUT2D eigenvalue weighted by atomic mass is 10.0. The van der Waals surface area contributed by atoms with Gasteiger partial charge >= 0.3 is 6.03 Å². The van der Waals surface area contributed by atoms with E-state index in [1.807, 2.05) is 43.3 Å². The average Bonchev–Trinajstić information content (AvgIpc) is 3.70. The number of nitrogens with one attached hydrogen (secondary N) is 2. The molecule has 4 aromatic rings. The molecule has 2 aliphatic rings. The average molecular weight is 562 g/mol. The fourth-order valence-electron chi connectivity index (χ4n) is 4.85. The molecule has 3 aromatic heterocycles. The number of carbonyl (C=O) groups excluding carboxylic acids is 1. The predicted octanol–water partition coefficient (Wildman–Crippen LogP) is 3.63. The minimum atomic E-state index is -0.627. The number of rotatable bonds is 8. The van der Waals surface area contributed by atoms with Crippen LogP contribution in [0, 0.1) is 12.9 Å². The number of methoxy groups -OCH3 is 1. The van der Waals surface area contributed by atoms with Gasteiger partial charge in [-0.2, -0.15) is 14.6 Å². The molecule has 1 fully saturated rings. The van der Waals surface area contributed by atoms with Gasteiger partial charge in [-0.1, -0.05) is 18.2 Å². The van der Waals surface area contributed by atoms with E-state index in [2.05, 4.69) is 20.6 Å². The summed E-state index contributed by atoms with van der Waals surface area (Å²) in [5.74, 6) is 0.801. The molecule has 13 heteroatoms. The Morgan fingerprint density at radius 1 is 1.17 bits per heavy atom. The molecule has 2 atom stereocenters. The van der Waals surface area contributed by atoms with Crippen LogP contribution in [0.1, 0.15) is 17.2 Å². The Bertz CT molecular complexity index is 1550. The van der Waals surface area contributed by atoms with Crippen LogP contribution in [0.3, 0.4) is 0 Å². The molecule has 5 heterocycles. The number of halogens is 1. The van der Waals surface area contributed by atoms with E-state index in [4.69, 9.17) is 24.1 Å². The number of hydroxylamine groups is 2. The molecule has 1 saturated heterocycles. The van der Waals surface area contributed by atoms with Gasteiger partial charge in [-0.05, 0) is 42.8 Å². The molecule has 1 aromatic carbocycles. The number of carbonyl (C=O) groups is 1. The molecule has 2 amide bonds. The number of para-hydroxylation sites is 1. The van der Waals surface area contributed by atoms with Crippen molar-refractivity contribution in [3.63, 3.8) is 0 Å². The zero-order chi connectivity index (χ0) is 28.3. The lowest BCUT2D eigenvalue weighted by Crippen LogP contribution is -2.42. The second-order valence-electron chi connectivity index (χ2n) is 9.53. The summed E-state index contributed by atoms with van der Waals surface area (Å²) in [5, 5.41) is 12.5. The molecule has 0 saturated carbocycles. The Kier molecular flexibility index (Phi) is 7.46. The van der Waals surface area contributed by atoms with Crippen molar-refractivity contribution in [2.24, 2.45) is 0 Å². The third-order valence-corrected chi connectivity index (χ3v) is 6.83. The molecular weight excluding hydrogens is 533 g/mol. The van der Waals surface area contributed by atoms with Crippen molar-refractivity contribution >= 4 is 11.8 Å². The number of nitrogens with zero attached hydrogens (tertiary/aromatic N) is 5. The zero-order valence-corrected chi connectivity index (χ0v) is 22.4. The van der Waals surface area contributed by atoms with Crippen molar-refractivity contribution in [2.75, 3.05) is 38.9 Å². The van der Waals surface area contributed by atoms with Gasteiger partial charge in [0.1, 0.15) is 11.9 Å². The van der Waals surface area contributed by atoms with Crippen LogP contribution in [0.2, 0.25) is 0 Å². The summed E-state index contributed by atoms with van der Waals surface area (Å²) >= 11 is 0. The monoisotopic (exact) mass is 561 g/mol. The molecule has 0 unspecified atom stereocenters. The van der Waals surface area contributed by atoms with Crippen molar-refractivity contribution < 1.29 is 28.2 Å². The Morgan fingerprint density at radius 3 is 2.83 bits per heavy atom. The second-order valence-corrected chi connectivity index (χ2v) is 9.53. The third kappa shape index (κ3) is 5.55. The van der Waals surface area contributed by atoms with Gasteiger partial charge in [-0.25, -0.2) is 19.4 Å². The normalized spacial score (nSPS) is 18.0. The van der Waals surface area contributed by atoms with E-state index in [-0.39, 0.29) is 6.79 Å². The highest BCUT2D eigenvalue weighted by Crippen LogP contribution is 2.36. The molecule has 12 nitrogen and oxygen atoms in total. The molecule has 6 rings (SSSR count). The predicted molar refractivity (Wildman–Crippen MR) is 145 cm³/mol. The number of pyridine rings is 2. The van der Waals surface area contributed by atoms with Crippen LogP contribution in [-0.2, 0) is 9.57 Å². The fraction of sp³-hybridized carbons (Fsp3) is 0.286. The largest absolute Gasteiger partial charge is 0.452 e. The highest BCUT2D eigenvalue weighted by atomic mass is 19.1. The third-order valence-electron chi connectivity index (χ3n) is 6.83. The van der Waals surface area contributed by atoms with Crippen molar-refractivity contribution in [3.05, 3.63) is 78.0 Å². The summed E-state index contributed by atoms with van der Waals surface area (Å²) in [6.07, 6.45) is 2.41. The maximum atomic E-state index is 13.9. The van der Waals surface area contributed by atoms with Gasteiger partial charge < -0.3 is 19.5 Å². The molecule has 0 spiro atoms. The first-order chi connectivity index (χ1) is 20.0. The number of urea groups is 1. The highest BCUT2D eigenvalue weighted by Gasteiger charge is 2.37. The number of ether oxygens (including phenoxy) is 3. The SMILES string of the molecule is COCCN1C[C@@H](NC(=O)Nc2c(C)c(-c3cnc4c(c3)OCO4)nn2-c2ccccc2)[C@H](c2ccnc(F)c2)O1. The van der Waals surface area contributed by atoms with Gasteiger partial charge in [0.25, 0.3) is 5.88 Å². The molecule has 0 bridgehead atoms. The Hall–Kier alpha value is -4.59. The van der Waals surface area contributed by atoms with Crippen molar-refractivity contribution in [3.8, 4) is 28.6 Å². The van der Waals surface area contributed by atoms with Crippen LogP contribution in [0.5, 0.6) is 11.6 Å². The lowest BCUT2D eigenvalue weighted by Gasteiger charge is -2.19. The van der Waals surface area contributed by atoms with Gasteiger partial charge in [-0.15, -0.1) is 0 Å². The summed E-state index contributed by atoms with van der Waals surface area (Å²) in [6, 6.07) is 13.3. The molecule has 0 aliphatic carbocycles. The number of hydrogen-bond acceptors (Lipinski definition) is 9. The van der Waals surface area contributed by atoms with Crippen LogP contribution in [-0.4, -0.2) is 70.5 Å². The minimum Gasteiger partial charge on any atom is -0.452 e. The number of amides is 2. The standard InChI is InChI=1S/C28H28FN7O5/c1-17-24(19-12-22-27(31-14-19)40-16-39-22)34-36(20-6-4-3-5-7-20)26(17)33-28(37)32-21-15-35(10-11-38-2)41-25(21)18-8-9-30-23(29)13-18/h3-9,12-14,21,25H,10-11,15-16H2,1-2H3,(H2,32,33,37)/t21-,25+/m1/s1. The summed E-state index contributed by atoms with van der Waals surface area (Å²) in [4.78, 5) is 27.5. The van der Waals surface area contributed by atoms with Crippen LogP contribution in [0.4, 0.5) is 15.0 Å². The lowest BCUT2D eigenvalue weighted by molar-refractivity contribution is -0.154. The van der Waals surface area contributed by atoms with Crippen LogP contribution in [0.15, 0.2) is 60.9 Å². The van der Waals surface area contributed by atoms with Crippen molar-refractivity contribution in [1.82, 2.24) is 30.1 Å². The van der Waals surface area contributed by atoms with Gasteiger partial charge in [0.05, 0.1) is 24.0 Å². The molecule has 2 N–H and O–H groups in total. The molecule has 2 aliphatic heterocycles. The Morgan fingerprint density at radius 2 is 2.02 bits per heavy atom. The van der Waals surface area contributed by atoms with Gasteiger partial charge in [0.15, 0.2) is 5.75 Å².